The molecule has 0 aliphatic rings. The van der Waals surface area contributed by atoms with Crippen LogP contribution in [0, 0.1) is 0 Å². The Morgan fingerprint density at radius 3 is 2.08 bits per heavy atom. The van der Waals surface area contributed by atoms with E-state index in [1.165, 1.54) is 11.1 Å². The van der Waals surface area contributed by atoms with E-state index in [1.807, 2.05) is 54.7 Å². The minimum Gasteiger partial charge on any atom is -0.344 e. The molecular formula is C21H21N3. The van der Waals surface area contributed by atoms with E-state index in [0.717, 1.165) is 24.1 Å². The summed E-state index contributed by atoms with van der Waals surface area (Å²) >= 11 is 0. The van der Waals surface area contributed by atoms with Crippen molar-refractivity contribution in [3.63, 3.8) is 0 Å². The second-order valence-electron chi connectivity index (χ2n) is 5.58. The topological polar surface area (TPSA) is 40.5 Å². The van der Waals surface area contributed by atoms with Crippen LogP contribution in [0.25, 0.3) is 0 Å². The lowest BCUT2D eigenvalue weighted by atomic mass is 10.2. The molecule has 2 aromatic carbocycles. The fourth-order valence-electron chi connectivity index (χ4n) is 2.39. The minimum absolute atomic E-state index is 0.683. The Morgan fingerprint density at radius 1 is 0.708 bits per heavy atom. The summed E-state index contributed by atoms with van der Waals surface area (Å²) in [6, 6.07) is 26.6. The van der Waals surface area contributed by atoms with Crippen LogP contribution in [0.2, 0.25) is 0 Å². The van der Waals surface area contributed by atoms with Gasteiger partial charge in [-0.1, -0.05) is 66.7 Å². The van der Waals surface area contributed by atoms with E-state index in [2.05, 4.69) is 45.3 Å². The monoisotopic (exact) mass is 315 g/mol. The molecule has 0 unspecified atom stereocenters. The molecule has 120 valence electrons. The highest BCUT2D eigenvalue weighted by atomic mass is 14.8. The van der Waals surface area contributed by atoms with Gasteiger partial charge in [-0.2, -0.15) is 0 Å². The van der Waals surface area contributed by atoms with E-state index in [4.69, 9.17) is 0 Å². The Morgan fingerprint density at radius 2 is 1.38 bits per heavy atom. The normalized spacial score (nSPS) is 11.9. The SMILES string of the molecule is C(Cc1cccc(=NCc2ccccc2)[nH]1)=NCc1ccccc1. The predicted octanol–water partition coefficient (Wildman–Crippen LogP) is 3.93. The molecular weight excluding hydrogens is 294 g/mol. The van der Waals surface area contributed by atoms with Gasteiger partial charge in [0.15, 0.2) is 0 Å². The highest BCUT2D eigenvalue weighted by Gasteiger charge is 1.92. The smallest absolute Gasteiger partial charge is 0.125 e. The summed E-state index contributed by atoms with van der Waals surface area (Å²) in [6.45, 7) is 1.40. The largest absolute Gasteiger partial charge is 0.344 e. The van der Waals surface area contributed by atoms with E-state index in [0.29, 0.717) is 6.54 Å². The van der Waals surface area contributed by atoms with Gasteiger partial charge in [-0.15, -0.1) is 0 Å². The van der Waals surface area contributed by atoms with Gasteiger partial charge in [-0.25, -0.2) is 0 Å². The number of aromatic nitrogens is 1. The fraction of sp³-hybridized carbons (Fsp3) is 0.143. The predicted molar refractivity (Wildman–Crippen MR) is 98.8 cm³/mol. The van der Waals surface area contributed by atoms with Crippen LogP contribution in [0.4, 0.5) is 0 Å². The average molecular weight is 315 g/mol. The Balaban J connectivity index is 1.59. The van der Waals surface area contributed by atoms with Gasteiger partial charge in [0.1, 0.15) is 5.49 Å². The molecule has 3 heteroatoms. The minimum atomic E-state index is 0.683. The van der Waals surface area contributed by atoms with Crippen LogP contribution in [0.15, 0.2) is 88.8 Å². The summed E-state index contributed by atoms with van der Waals surface area (Å²) in [7, 11) is 0. The van der Waals surface area contributed by atoms with Crippen molar-refractivity contribution in [1.82, 2.24) is 4.98 Å². The first-order chi connectivity index (χ1) is 11.9. The van der Waals surface area contributed by atoms with Crippen LogP contribution in [0.5, 0.6) is 0 Å². The summed E-state index contributed by atoms with van der Waals surface area (Å²) in [6.07, 6.45) is 2.74. The second kappa shape index (κ2) is 8.63. The first-order valence-electron chi connectivity index (χ1n) is 8.15. The van der Waals surface area contributed by atoms with Crippen molar-refractivity contribution < 1.29 is 0 Å². The molecule has 3 nitrogen and oxygen atoms in total. The summed E-state index contributed by atoms with van der Waals surface area (Å²) in [4.78, 5) is 12.5. The van der Waals surface area contributed by atoms with Crippen LogP contribution < -0.4 is 5.49 Å². The molecule has 0 bridgehead atoms. The van der Waals surface area contributed by atoms with Crippen LogP contribution in [0.1, 0.15) is 16.8 Å². The van der Waals surface area contributed by atoms with Crippen molar-refractivity contribution in [3.8, 4) is 0 Å². The molecule has 1 N–H and O–H groups in total. The average Bonchev–Trinajstić information content (AvgIpc) is 2.66. The Hall–Kier alpha value is -2.94. The van der Waals surface area contributed by atoms with Crippen LogP contribution in [-0.2, 0) is 19.5 Å². The van der Waals surface area contributed by atoms with Gasteiger partial charge in [0.25, 0.3) is 0 Å². The molecule has 1 aromatic heterocycles. The number of nitrogens with zero attached hydrogens (tertiary/aromatic N) is 2. The van der Waals surface area contributed by atoms with Crippen molar-refractivity contribution in [1.29, 1.82) is 0 Å². The van der Waals surface area contributed by atoms with Gasteiger partial charge in [-0.3, -0.25) is 9.98 Å². The lowest BCUT2D eigenvalue weighted by Crippen LogP contribution is -2.10. The van der Waals surface area contributed by atoms with Crippen molar-refractivity contribution in [2.24, 2.45) is 9.98 Å². The van der Waals surface area contributed by atoms with Gasteiger partial charge >= 0.3 is 0 Å². The van der Waals surface area contributed by atoms with Gasteiger partial charge < -0.3 is 4.98 Å². The van der Waals surface area contributed by atoms with Gasteiger partial charge in [0.2, 0.25) is 0 Å². The van der Waals surface area contributed by atoms with Crippen molar-refractivity contribution in [2.45, 2.75) is 19.5 Å². The van der Waals surface area contributed by atoms with Gasteiger partial charge in [0.05, 0.1) is 13.1 Å². The first-order valence-corrected chi connectivity index (χ1v) is 8.15. The second-order valence-corrected chi connectivity index (χ2v) is 5.58. The number of nitrogens with one attached hydrogen (secondary N) is 1. The van der Waals surface area contributed by atoms with Crippen LogP contribution >= 0.6 is 0 Å². The molecule has 0 aliphatic heterocycles. The zero-order chi connectivity index (χ0) is 16.5. The molecule has 0 spiro atoms. The van der Waals surface area contributed by atoms with E-state index < -0.39 is 0 Å². The summed E-state index contributed by atoms with van der Waals surface area (Å²) in [5.41, 5.74) is 4.44. The lowest BCUT2D eigenvalue weighted by Gasteiger charge is -1.99. The molecule has 0 saturated carbocycles. The number of hydrogen-bond donors (Lipinski definition) is 1. The fourth-order valence-corrected chi connectivity index (χ4v) is 2.39. The van der Waals surface area contributed by atoms with Crippen molar-refractivity contribution in [2.75, 3.05) is 0 Å². The quantitative estimate of drug-likeness (QED) is 0.670. The molecule has 3 aromatic rings. The molecule has 0 radical (unpaired) electrons. The number of pyridine rings is 1. The summed E-state index contributed by atoms with van der Waals surface area (Å²) in [5.74, 6) is 0. The van der Waals surface area contributed by atoms with E-state index in [9.17, 15) is 0 Å². The number of aliphatic imine (C=N–C) groups is 1. The number of rotatable bonds is 6. The molecule has 24 heavy (non-hydrogen) atoms. The molecule has 0 amide bonds. The highest BCUT2D eigenvalue weighted by Crippen LogP contribution is 2.01. The highest BCUT2D eigenvalue weighted by molar-refractivity contribution is 5.60. The lowest BCUT2D eigenvalue weighted by molar-refractivity contribution is 0.943. The maximum absolute atomic E-state index is 4.61. The van der Waals surface area contributed by atoms with E-state index in [1.54, 1.807) is 0 Å². The third-order valence-electron chi connectivity index (χ3n) is 3.67. The molecule has 0 fully saturated rings. The number of hydrogen-bond acceptors (Lipinski definition) is 2. The maximum Gasteiger partial charge on any atom is 0.125 e. The number of aromatic amines is 1. The first kappa shape index (κ1) is 15.9. The molecule has 0 saturated heterocycles. The Bertz CT molecular complexity index is 833. The summed E-state index contributed by atoms with van der Waals surface area (Å²) in [5, 5.41) is 0. The number of benzene rings is 2. The van der Waals surface area contributed by atoms with E-state index >= 15 is 0 Å². The maximum atomic E-state index is 4.61. The summed E-state index contributed by atoms with van der Waals surface area (Å²) < 4.78 is 0. The third-order valence-corrected chi connectivity index (χ3v) is 3.67. The van der Waals surface area contributed by atoms with E-state index in [-0.39, 0.29) is 0 Å². The zero-order valence-electron chi connectivity index (χ0n) is 13.6. The standard InChI is InChI=1S/C21H21N3/c1-3-8-18(9-4-1)16-22-15-14-20-12-7-13-21(24-20)23-17-19-10-5-2-6-11-19/h1-13,15H,14,16-17H2,(H,23,24). The van der Waals surface area contributed by atoms with Gasteiger partial charge in [0, 0.05) is 18.3 Å². The van der Waals surface area contributed by atoms with Crippen molar-refractivity contribution in [3.05, 3.63) is 101 Å². The van der Waals surface area contributed by atoms with Crippen LogP contribution in [0.3, 0.4) is 0 Å². The number of H-pyrrole nitrogens is 1. The van der Waals surface area contributed by atoms with Crippen molar-refractivity contribution >= 4 is 6.21 Å². The molecule has 0 atom stereocenters. The zero-order valence-corrected chi connectivity index (χ0v) is 13.6. The van der Waals surface area contributed by atoms with Gasteiger partial charge in [-0.05, 0) is 23.3 Å². The Kier molecular flexibility index (Phi) is 5.73. The van der Waals surface area contributed by atoms with Crippen LogP contribution in [-0.4, -0.2) is 11.2 Å². The third kappa shape index (κ3) is 5.06. The molecule has 1 heterocycles. The Labute approximate surface area is 142 Å². The molecule has 0 aliphatic carbocycles. The molecule has 3 rings (SSSR count).